The van der Waals surface area contributed by atoms with E-state index in [2.05, 4.69) is 43.7 Å². The van der Waals surface area contributed by atoms with Crippen LogP contribution in [0, 0.1) is 0 Å². The van der Waals surface area contributed by atoms with Gasteiger partial charge in [-0.05, 0) is 45.1 Å². The summed E-state index contributed by atoms with van der Waals surface area (Å²) in [5.74, 6) is 0.651. The lowest BCUT2D eigenvalue weighted by Gasteiger charge is -2.35. The highest BCUT2D eigenvalue weighted by atomic mass is 79.9. The van der Waals surface area contributed by atoms with Crippen LogP contribution in [0.3, 0.4) is 0 Å². The highest BCUT2D eigenvalue weighted by Gasteiger charge is 2.26. The maximum atomic E-state index is 10.1. The van der Waals surface area contributed by atoms with Gasteiger partial charge in [-0.25, -0.2) is 0 Å². The molecule has 1 aromatic carbocycles. The van der Waals surface area contributed by atoms with Crippen molar-refractivity contribution in [2.45, 2.75) is 6.04 Å². The molecule has 1 aliphatic rings. The van der Waals surface area contributed by atoms with Crippen molar-refractivity contribution >= 4 is 27.3 Å². The predicted octanol–water partition coefficient (Wildman–Crippen LogP) is 3.22. The SMILES string of the molecule is COc1cc([C@H](c2cccs2)N2CCNCC2)cc(Br)c1O. The lowest BCUT2D eigenvalue weighted by Crippen LogP contribution is -2.45. The van der Waals surface area contributed by atoms with E-state index >= 15 is 0 Å². The number of benzene rings is 1. The number of hydrogen-bond acceptors (Lipinski definition) is 5. The summed E-state index contributed by atoms with van der Waals surface area (Å²) in [5, 5.41) is 15.6. The summed E-state index contributed by atoms with van der Waals surface area (Å²) in [7, 11) is 1.58. The third kappa shape index (κ3) is 3.15. The number of phenols is 1. The van der Waals surface area contributed by atoms with E-state index in [0.717, 1.165) is 31.7 Å². The fourth-order valence-electron chi connectivity index (χ4n) is 2.85. The number of methoxy groups -OCH3 is 1. The van der Waals surface area contributed by atoms with Gasteiger partial charge in [0, 0.05) is 31.1 Å². The molecule has 0 spiro atoms. The van der Waals surface area contributed by atoms with Gasteiger partial charge in [0.2, 0.25) is 0 Å². The number of rotatable bonds is 4. The zero-order valence-corrected chi connectivity index (χ0v) is 14.8. The summed E-state index contributed by atoms with van der Waals surface area (Å²) in [6.07, 6.45) is 0. The molecule has 2 aromatic rings. The van der Waals surface area contributed by atoms with Gasteiger partial charge >= 0.3 is 0 Å². The summed E-state index contributed by atoms with van der Waals surface area (Å²) in [5.41, 5.74) is 1.13. The second kappa shape index (κ2) is 7.00. The van der Waals surface area contributed by atoms with Crippen molar-refractivity contribution < 1.29 is 9.84 Å². The molecule has 0 unspecified atom stereocenters. The van der Waals surface area contributed by atoms with Gasteiger partial charge in [-0.1, -0.05) is 6.07 Å². The zero-order chi connectivity index (χ0) is 15.5. The van der Waals surface area contributed by atoms with Crippen LogP contribution in [0.2, 0.25) is 0 Å². The molecule has 6 heteroatoms. The van der Waals surface area contributed by atoms with Crippen LogP contribution >= 0.6 is 27.3 Å². The average Bonchev–Trinajstić information content (AvgIpc) is 3.06. The van der Waals surface area contributed by atoms with Crippen LogP contribution in [0.1, 0.15) is 16.5 Å². The summed E-state index contributed by atoms with van der Waals surface area (Å²) in [6, 6.07) is 8.37. The number of ether oxygens (including phenoxy) is 1. The van der Waals surface area contributed by atoms with Crippen molar-refractivity contribution in [2.75, 3.05) is 33.3 Å². The molecule has 2 N–H and O–H groups in total. The van der Waals surface area contributed by atoms with Crippen molar-refractivity contribution in [1.29, 1.82) is 0 Å². The summed E-state index contributed by atoms with van der Waals surface area (Å²) >= 11 is 5.20. The Morgan fingerprint density at radius 1 is 1.36 bits per heavy atom. The van der Waals surface area contributed by atoms with Gasteiger partial charge < -0.3 is 15.2 Å². The molecule has 1 aromatic heterocycles. The molecule has 0 amide bonds. The topological polar surface area (TPSA) is 44.7 Å². The van der Waals surface area contributed by atoms with Gasteiger partial charge in [0.25, 0.3) is 0 Å². The first kappa shape index (κ1) is 15.8. The Hall–Kier alpha value is -1.08. The summed E-state index contributed by atoms with van der Waals surface area (Å²) in [4.78, 5) is 3.78. The largest absolute Gasteiger partial charge is 0.503 e. The van der Waals surface area contributed by atoms with Crippen molar-refractivity contribution in [1.82, 2.24) is 10.2 Å². The van der Waals surface area contributed by atoms with Gasteiger partial charge in [0.05, 0.1) is 17.6 Å². The van der Waals surface area contributed by atoms with Crippen LogP contribution in [0.5, 0.6) is 11.5 Å². The molecule has 1 atom stereocenters. The quantitative estimate of drug-likeness (QED) is 0.851. The van der Waals surface area contributed by atoms with Gasteiger partial charge in [0.1, 0.15) is 0 Å². The van der Waals surface area contributed by atoms with Crippen LogP contribution < -0.4 is 10.1 Å². The number of thiophene rings is 1. The molecule has 3 rings (SSSR count). The van der Waals surface area contributed by atoms with Crippen LogP contribution in [-0.2, 0) is 0 Å². The molecule has 0 aliphatic carbocycles. The molecule has 0 bridgehead atoms. The Bertz CT molecular complexity index is 627. The Morgan fingerprint density at radius 2 is 2.14 bits per heavy atom. The van der Waals surface area contributed by atoms with E-state index in [1.807, 2.05) is 12.1 Å². The zero-order valence-electron chi connectivity index (χ0n) is 12.4. The molecule has 118 valence electrons. The van der Waals surface area contributed by atoms with Gasteiger partial charge in [-0.2, -0.15) is 0 Å². The number of phenolic OH excluding ortho intramolecular Hbond substituents is 1. The first-order valence-electron chi connectivity index (χ1n) is 7.25. The molecule has 1 aliphatic heterocycles. The van der Waals surface area contributed by atoms with Crippen molar-refractivity contribution in [2.24, 2.45) is 0 Å². The third-order valence-corrected chi connectivity index (χ3v) is 5.45. The number of piperazine rings is 1. The third-order valence-electron chi connectivity index (χ3n) is 3.92. The molecule has 4 nitrogen and oxygen atoms in total. The maximum absolute atomic E-state index is 10.1. The standard InChI is InChI=1S/C16H19BrN2O2S/c1-21-13-10-11(9-12(17)16(13)20)15(14-3-2-8-22-14)19-6-4-18-5-7-19/h2-3,8-10,15,18,20H,4-7H2,1H3/t15-/m1/s1. The minimum Gasteiger partial charge on any atom is -0.503 e. The molecule has 0 saturated carbocycles. The first-order chi connectivity index (χ1) is 10.7. The van der Waals surface area contributed by atoms with Crippen molar-refractivity contribution in [3.05, 3.63) is 44.6 Å². The van der Waals surface area contributed by atoms with E-state index in [1.165, 1.54) is 4.88 Å². The Labute approximate surface area is 142 Å². The number of hydrogen-bond donors (Lipinski definition) is 2. The van der Waals surface area contributed by atoms with Crippen LogP contribution in [0.25, 0.3) is 0 Å². The van der Waals surface area contributed by atoms with E-state index in [1.54, 1.807) is 18.4 Å². The van der Waals surface area contributed by atoms with E-state index in [9.17, 15) is 5.11 Å². The summed E-state index contributed by atoms with van der Waals surface area (Å²) < 4.78 is 5.98. The highest BCUT2D eigenvalue weighted by Crippen LogP contribution is 2.40. The van der Waals surface area contributed by atoms with E-state index < -0.39 is 0 Å². The number of nitrogens with one attached hydrogen (secondary N) is 1. The smallest absolute Gasteiger partial charge is 0.172 e. The second-order valence-corrected chi connectivity index (χ2v) is 7.09. The fraction of sp³-hybridized carbons (Fsp3) is 0.375. The molecule has 22 heavy (non-hydrogen) atoms. The monoisotopic (exact) mass is 382 g/mol. The van der Waals surface area contributed by atoms with Crippen molar-refractivity contribution in [3.8, 4) is 11.5 Å². The van der Waals surface area contributed by atoms with E-state index in [-0.39, 0.29) is 11.8 Å². The molecule has 2 heterocycles. The minimum atomic E-state index is 0.150. The summed E-state index contributed by atoms with van der Waals surface area (Å²) in [6.45, 7) is 4.00. The maximum Gasteiger partial charge on any atom is 0.172 e. The highest BCUT2D eigenvalue weighted by molar-refractivity contribution is 9.10. The van der Waals surface area contributed by atoms with Crippen LogP contribution in [0.15, 0.2) is 34.1 Å². The lowest BCUT2D eigenvalue weighted by molar-refractivity contribution is 0.200. The van der Waals surface area contributed by atoms with Crippen LogP contribution in [-0.4, -0.2) is 43.3 Å². The number of halogens is 1. The van der Waals surface area contributed by atoms with Gasteiger partial charge in [0.15, 0.2) is 11.5 Å². The molecule has 1 saturated heterocycles. The van der Waals surface area contributed by atoms with E-state index in [4.69, 9.17) is 4.74 Å². The average molecular weight is 383 g/mol. The Balaban J connectivity index is 2.04. The second-order valence-electron chi connectivity index (χ2n) is 5.26. The predicted molar refractivity (Wildman–Crippen MR) is 93.0 cm³/mol. The van der Waals surface area contributed by atoms with Crippen LogP contribution in [0.4, 0.5) is 0 Å². The van der Waals surface area contributed by atoms with Gasteiger partial charge in [-0.15, -0.1) is 11.3 Å². The fourth-order valence-corrected chi connectivity index (χ4v) is 4.19. The van der Waals surface area contributed by atoms with Crippen molar-refractivity contribution in [3.63, 3.8) is 0 Å². The molecular formula is C16H19BrN2O2S. The van der Waals surface area contributed by atoms with Gasteiger partial charge in [-0.3, -0.25) is 4.90 Å². The lowest BCUT2D eigenvalue weighted by atomic mass is 10.0. The molecule has 0 radical (unpaired) electrons. The molecule has 1 fully saturated rings. The Kier molecular flexibility index (Phi) is 5.03. The Morgan fingerprint density at radius 3 is 2.77 bits per heavy atom. The minimum absolute atomic E-state index is 0.150. The normalized spacial score (nSPS) is 17.4. The number of aromatic hydroxyl groups is 1. The van der Waals surface area contributed by atoms with E-state index in [0.29, 0.717) is 10.2 Å². The molecular weight excluding hydrogens is 364 g/mol. The number of nitrogens with zero attached hydrogens (tertiary/aromatic N) is 1. The first-order valence-corrected chi connectivity index (χ1v) is 8.92.